The highest BCUT2D eigenvalue weighted by Gasteiger charge is 2.27. The topological polar surface area (TPSA) is 78.7 Å². The van der Waals surface area contributed by atoms with E-state index in [2.05, 4.69) is 17.3 Å². The quantitative estimate of drug-likeness (QED) is 0.707. The van der Waals surface area contributed by atoms with Gasteiger partial charge in [0.05, 0.1) is 5.54 Å². The molecule has 0 radical (unpaired) electrons. The predicted octanol–water partition coefficient (Wildman–Crippen LogP) is -0.216. The molecule has 0 aromatic carbocycles. The van der Waals surface area contributed by atoms with Crippen molar-refractivity contribution < 1.29 is 9.59 Å². The third-order valence-electron chi connectivity index (χ3n) is 3.77. The molecule has 0 aliphatic carbocycles. The van der Waals surface area contributed by atoms with Crippen molar-refractivity contribution in [1.29, 1.82) is 0 Å². The number of amides is 2. The van der Waals surface area contributed by atoms with Gasteiger partial charge in [0.25, 0.3) is 0 Å². The second-order valence-corrected chi connectivity index (χ2v) is 5.86. The van der Waals surface area contributed by atoms with Crippen molar-refractivity contribution in [2.75, 3.05) is 39.8 Å². The van der Waals surface area contributed by atoms with Crippen molar-refractivity contribution in [1.82, 2.24) is 15.1 Å². The summed E-state index contributed by atoms with van der Waals surface area (Å²) < 4.78 is 0. The van der Waals surface area contributed by atoms with Crippen LogP contribution in [0.1, 0.15) is 33.1 Å². The Morgan fingerprint density at radius 2 is 1.85 bits per heavy atom. The molecular formula is C14H28N4O2. The number of rotatable bonds is 6. The van der Waals surface area contributed by atoms with Gasteiger partial charge < -0.3 is 20.9 Å². The Labute approximate surface area is 121 Å². The van der Waals surface area contributed by atoms with Crippen LogP contribution >= 0.6 is 0 Å². The zero-order valence-corrected chi connectivity index (χ0v) is 12.9. The summed E-state index contributed by atoms with van der Waals surface area (Å²) in [5, 5.41) is 2.76. The van der Waals surface area contributed by atoms with E-state index < -0.39 is 5.54 Å². The Hall–Kier alpha value is -1.14. The molecule has 1 aliphatic rings. The van der Waals surface area contributed by atoms with Crippen molar-refractivity contribution in [3.05, 3.63) is 0 Å². The molecule has 0 bridgehead atoms. The van der Waals surface area contributed by atoms with Crippen LogP contribution in [0.3, 0.4) is 0 Å². The summed E-state index contributed by atoms with van der Waals surface area (Å²) in [6.07, 6.45) is 1.85. The fraction of sp³-hybridized carbons (Fsp3) is 0.857. The molecule has 20 heavy (non-hydrogen) atoms. The minimum absolute atomic E-state index is 0.104. The second-order valence-electron chi connectivity index (χ2n) is 5.86. The number of carbonyl (C=O) groups is 2. The largest absolute Gasteiger partial charge is 0.354 e. The van der Waals surface area contributed by atoms with Gasteiger partial charge in [-0.15, -0.1) is 0 Å². The molecule has 3 N–H and O–H groups in total. The van der Waals surface area contributed by atoms with Crippen LogP contribution in [0.2, 0.25) is 0 Å². The molecule has 1 unspecified atom stereocenters. The Bertz CT molecular complexity index is 336. The molecule has 1 saturated heterocycles. The highest BCUT2D eigenvalue weighted by molar-refractivity contribution is 5.86. The van der Waals surface area contributed by atoms with E-state index >= 15 is 0 Å². The second kappa shape index (κ2) is 7.59. The monoisotopic (exact) mass is 284 g/mol. The van der Waals surface area contributed by atoms with E-state index in [1.807, 2.05) is 11.8 Å². The molecule has 1 rings (SSSR count). The van der Waals surface area contributed by atoms with Crippen molar-refractivity contribution in [2.24, 2.45) is 5.73 Å². The Morgan fingerprint density at radius 3 is 2.40 bits per heavy atom. The lowest BCUT2D eigenvalue weighted by Gasteiger charge is -2.32. The molecular weight excluding hydrogens is 256 g/mol. The van der Waals surface area contributed by atoms with Crippen LogP contribution in [0.25, 0.3) is 0 Å². The zero-order valence-electron chi connectivity index (χ0n) is 12.9. The molecule has 6 nitrogen and oxygen atoms in total. The molecule has 1 heterocycles. The third kappa shape index (κ3) is 5.09. The zero-order chi connectivity index (χ0) is 15.2. The van der Waals surface area contributed by atoms with Crippen LogP contribution in [0.5, 0.6) is 0 Å². The number of hydrogen-bond acceptors (Lipinski definition) is 4. The van der Waals surface area contributed by atoms with Crippen LogP contribution in [0, 0.1) is 0 Å². The van der Waals surface area contributed by atoms with Gasteiger partial charge in [-0.05, 0) is 20.4 Å². The molecule has 1 atom stereocenters. The number of hydrogen-bond donors (Lipinski definition) is 2. The van der Waals surface area contributed by atoms with Crippen LogP contribution in [0.4, 0.5) is 0 Å². The van der Waals surface area contributed by atoms with Gasteiger partial charge in [-0.3, -0.25) is 9.59 Å². The normalized spacial score (nSPS) is 19.5. The van der Waals surface area contributed by atoms with E-state index in [1.54, 1.807) is 6.92 Å². The molecule has 0 aromatic rings. The summed E-state index contributed by atoms with van der Waals surface area (Å²) in [5.41, 5.74) is 5.09. The van der Waals surface area contributed by atoms with E-state index in [-0.39, 0.29) is 11.8 Å². The Kier molecular flexibility index (Phi) is 6.42. The van der Waals surface area contributed by atoms with Crippen LogP contribution in [-0.4, -0.2) is 66.9 Å². The number of piperazine rings is 1. The number of nitrogens with one attached hydrogen (secondary N) is 1. The lowest BCUT2D eigenvalue weighted by atomic mass is 9.96. The summed E-state index contributed by atoms with van der Waals surface area (Å²) >= 11 is 0. The Balaban J connectivity index is 2.26. The average molecular weight is 284 g/mol. The summed E-state index contributed by atoms with van der Waals surface area (Å²) in [7, 11) is 2.05. The van der Waals surface area contributed by atoms with E-state index in [0.29, 0.717) is 19.4 Å². The maximum atomic E-state index is 12.0. The molecule has 2 amide bonds. The Morgan fingerprint density at radius 1 is 1.25 bits per heavy atom. The van der Waals surface area contributed by atoms with Crippen LogP contribution in [0.15, 0.2) is 0 Å². The van der Waals surface area contributed by atoms with Crippen LogP contribution in [-0.2, 0) is 9.59 Å². The van der Waals surface area contributed by atoms with E-state index in [9.17, 15) is 9.59 Å². The first-order chi connectivity index (χ1) is 9.36. The minimum Gasteiger partial charge on any atom is -0.354 e. The first-order valence-electron chi connectivity index (χ1n) is 7.40. The van der Waals surface area contributed by atoms with E-state index in [0.717, 1.165) is 32.6 Å². The maximum Gasteiger partial charge on any atom is 0.239 e. The van der Waals surface area contributed by atoms with Gasteiger partial charge in [-0.2, -0.15) is 0 Å². The number of nitrogens with two attached hydrogens (primary N) is 1. The molecule has 1 aliphatic heterocycles. The predicted molar refractivity (Wildman–Crippen MR) is 79.2 cm³/mol. The van der Waals surface area contributed by atoms with Gasteiger partial charge in [0, 0.05) is 39.1 Å². The third-order valence-corrected chi connectivity index (χ3v) is 3.77. The smallest absolute Gasteiger partial charge is 0.239 e. The summed E-state index contributed by atoms with van der Waals surface area (Å²) in [4.78, 5) is 27.9. The minimum atomic E-state index is -0.842. The molecule has 0 saturated carbocycles. The van der Waals surface area contributed by atoms with Gasteiger partial charge in [0.15, 0.2) is 0 Å². The molecule has 116 valence electrons. The van der Waals surface area contributed by atoms with Gasteiger partial charge >= 0.3 is 0 Å². The number of nitrogens with zero attached hydrogens (tertiary/aromatic N) is 2. The van der Waals surface area contributed by atoms with Crippen molar-refractivity contribution in [3.8, 4) is 0 Å². The first kappa shape index (κ1) is 16.9. The summed E-state index contributed by atoms with van der Waals surface area (Å²) in [5.74, 6) is -0.0712. The van der Waals surface area contributed by atoms with Crippen LogP contribution < -0.4 is 11.1 Å². The first-order valence-corrected chi connectivity index (χ1v) is 7.40. The lowest BCUT2D eigenvalue weighted by Crippen LogP contribution is -2.52. The molecule has 0 aromatic heterocycles. The average Bonchev–Trinajstić information content (AvgIpc) is 2.39. The molecule has 1 fully saturated rings. The van der Waals surface area contributed by atoms with Crippen molar-refractivity contribution >= 4 is 11.8 Å². The van der Waals surface area contributed by atoms with Gasteiger partial charge in [-0.25, -0.2) is 0 Å². The SMILES string of the molecule is CCCC(C)(N)C(=O)NCCC(=O)N1CCN(C)CC1. The van der Waals surface area contributed by atoms with Gasteiger partial charge in [0.1, 0.15) is 0 Å². The lowest BCUT2D eigenvalue weighted by molar-refractivity contribution is -0.132. The fourth-order valence-electron chi connectivity index (χ4n) is 2.33. The summed E-state index contributed by atoms with van der Waals surface area (Å²) in [6, 6.07) is 0. The molecule has 6 heteroatoms. The van der Waals surface area contributed by atoms with Crippen molar-refractivity contribution in [2.45, 2.75) is 38.6 Å². The highest BCUT2D eigenvalue weighted by atomic mass is 16.2. The highest BCUT2D eigenvalue weighted by Crippen LogP contribution is 2.08. The molecule has 0 spiro atoms. The van der Waals surface area contributed by atoms with Gasteiger partial charge in [0.2, 0.25) is 11.8 Å². The summed E-state index contributed by atoms with van der Waals surface area (Å²) in [6.45, 7) is 7.45. The number of carbonyl (C=O) groups excluding carboxylic acids is 2. The maximum absolute atomic E-state index is 12.0. The number of likely N-dealkylation sites (N-methyl/N-ethyl adjacent to an activating group) is 1. The van der Waals surface area contributed by atoms with Crippen molar-refractivity contribution in [3.63, 3.8) is 0 Å². The van der Waals surface area contributed by atoms with E-state index in [1.165, 1.54) is 0 Å². The fourth-order valence-corrected chi connectivity index (χ4v) is 2.33. The van der Waals surface area contributed by atoms with Gasteiger partial charge in [-0.1, -0.05) is 13.3 Å². The van der Waals surface area contributed by atoms with E-state index in [4.69, 9.17) is 5.73 Å². The standard InChI is InChI=1S/C14H28N4O2/c1-4-6-14(2,15)13(20)16-7-5-12(19)18-10-8-17(3)9-11-18/h4-11,15H2,1-3H3,(H,16,20).